The van der Waals surface area contributed by atoms with Gasteiger partial charge in [-0.3, -0.25) is 4.79 Å². The van der Waals surface area contributed by atoms with Crippen molar-refractivity contribution in [3.63, 3.8) is 0 Å². The molecule has 2 N–H and O–H groups in total. The van der Waals surface area contributed by atoms with Gasteiger partial charge in [0.25, 0.3) is 5.91 Å². The molecule has 1 rings (SSSR count). The zero-order chi connectivity index (χ0) is 13.7. The first-order chi connectivity index (χ1) is 8.47. The predicted molar refractivity (Wildman–Crippen MR) is 73.8 cm³/mol. The third-order valence-corrected chi connectivity index (χ3v) is 2.43. The van der Waals surface area contributed by atoms with Crippen LogP contribution in [0.1, 0.15) is 24.2 Å². The molecule has 18 heavy (non-hydrogen) atoms. The Morgan fingerprint density at radius 2 is 2.17 bits per heavy atom. The highest BCUT2D eigenvalue weighted by atomic mass is 16.5. The second kappa shape index (κ2) is 6.10. The van der Waals surface area contributed by atoms with Crippen molar-refractivity contribution in [1.82, 2.24) is 4.90 Å². The van der Waals surface area contributed by atoms with Crippen molar-refractivity contribution in [1.29, 1.82) is 0 Å². The molecule has 0 bridgehead atoms. The highest BCUT2D eigenvalue weighted by molar-refractivity contribution is 6.01. The fourth-order valence-electron chi connectivity index (χ4n) is 1.72. The van der Waals surface area contributed by atoms with Crippen LogP contribution in [0.2, 0.25) is 0 Å². The molecule has 0 heterocycles. The van der Waals surface area contributed by atoms with Crippen molar-refractivity contribution in [3.05, 3.63) is 35.9 Å². The van der Waals surface area contributed by atoms with E-state index in [1.54, 1.807) is 30.1 Å². The first-order valence-corrected chi connectivity index (χ1v) is 5.88. The summed E-state index contributed by atoms with van der Waals surface area (Å²) in [5, 5.41) is 0. The van der Waals surface area contributed by atoms with E-state index in [1.807, 2.05) is 13.8 Å². The highest BCUT2D eigenvalue weighted by Crippen LogP contribution is 2.25. The lowest BCUT2D eigenvalue weighted by atomic mass is 10.1. The Bertz CT molecular complexity index is 455. The van der Waals surface area contributed by atoms with E-state index in [0.29, 0.717) is 30.2 Å². The summed E-state index contributed by atoms with van der Waals surface area (Å²) in [5.74, 6) is 0.371. The number of hydrogen-bond acceptors (Lipinski definition) is 3. The normalized spacial score (nSPS) is 9.94. The lowest BCUT2D eigenvalue weighted by Crippen LogP contribution is -2.29. The molecule has 0 saturated carbocycles. The lowest BCUT2D eigenvalue weighted by Gasteiger charge is -2.20. The molecule has 4 nitrogen and oxygen atoms in total. The Morgan fingerprint density at radius 3 is 2.72 bits per heavy atom. The Kier molecular flexibility index (Phi) is 4.77. The van der Waals surface area contributed by atoms with Gasteiger partial charge in [-0.2, -0.15) is 0 Å². The zero-order valence-electron chi connectivity index (χ0n) is 11.2. The predicted octanol–water partition coefficient (Wildman–Crippen LogP) is 2.32. The monoisotopic (exact) mass is 248 g/mol. The van der Waals surface area contributed by atoms with Crippen molar-refractivity contribution in [2.45, 2.75) is 13.8 Å². The number of hydrogen-bond donors (Lipinski definition) is 1. The number of ether oxygens (including phenoxy) is 1. The molecule has 98 valence electrons. The molecule has 1 amide bonds. The van der Waals surface area contributed by atoms with Crippen molar-refractivity contribution in [2.24, 2.45) is 0 Å². The number of likely N-dealkylation sites (N-methyl/N-ethyl adjacent to an activating group) is 1. The molecule has 0 aliphatic rings. The fraction of sp³-hybridized carbons (Fsp3) is 0.357. The van der Waals surface area contributed by atoms with Crippen LogP contribution in [0.4, 0.5) is 5.69 Å². The Hall–Kier alpha value is -1.97. The lowest BCUT2D eigenvalue weighted by molar-refractivity contribution is 0.0804. The summed E-state index contributed by atoms with van der Waals surface area (Å²) in [5.41, 5.74) is 7.64. The van der Waals surface area contributed by atoms with Gasteiger partial charge in [0, 0.05) is 19.3 Å². The number of rotatable bonds is 5. The topological polar surface area (TPSA) is 55.6 Å². The molecule has 0 fully saturated rings. The summed E-state index contributed by atoms with van der Waals surface area (Å²) in [6.45, 7) is 8.54. The molecular weight excluding hydrogens is 228 g/mol. The Balaban J connectivity index is 3.07. The van der Waals surface area contributed by atoms with Crippen molar-refractivity contribution in [2.75, 3.05) is 25.9 Å². The van der Waals surface area contributed by atoms with Crippen LogP contribution in [-0.2, 0) is 0 Å². The van der Waals surface area contributed by atoms with Gasteiger partial charge in [0.1, 0.15) is 11.3 Å². The van der Waals surface area contributed by atoms with Crippen LogP contribution in [-0.4, -0.2) is 31.0 Å². The van der Waals surface area contributed by atoms with Gasteiger partial charge < -0.3 is 15.4 Å². The number of anilines is 1. The van der Waals surface area contributed by atoms with Crippen molar-refractivity contribution in [3.8, 4) is 5.75 Å². The summed E-state index contributed by atoms with van der Waals surface area (Å²) in [6, 6.07) is 5.22. The Labute approximate surface area is 108 Å². The molecular formula is C14H20N2O2. The van der Waals surface area contributed by atoms with Crippen molar-refractivity contribution < 1.29 is 9.53 Å². The van der Waals surface area contributed by atoms with Crippen LogP contribution in [0.5, 0.6) is 5.75 Å². The summed E-state index contributed by atoms with van der Waals surface area (Å²) in [4.78, 5) is 13.9. The van der Waals surface area contributed by atoms with Gasteiger partial charge in [0.15, 0.2) is 0 Å². The molecule has 1 aromatic rings. The van der Waals surface area contributed by atoms with Gasteiger partial charge in [-0.1, -0.05) is 18.2 Å². The number of carbonyl (C=O) groups excluding carboxylic acids is 1. The van der Waals surface area contributed by atoms with Gasteiger partial charge in [-0.25, -0.2) is 0 Å². The summed E-state index contributed by atoms with van der Waals surface area (Å²) in [6.07, 6.45) is 0. The maximum Gasteiger partial charge on any atom is 0.259 e. The number of nitrogen functional groups attached to an aromatic ring is 1. The molecule has 0 radical (unpaired) electrons. The minimum atomic E-state index is -0.153. The fourth-order valence-corrected chi connectivity index (χ4v) is 1.72. The number of nitrogens with two attached hydrogens (primary N) is 1. The van der Waals surface area contributed by atoms with Gasteiger partial charge in [-0.05, 0) is 26.0 Å². The van der Waals surface area contributed by atoms with E-state index in [-0.39, 0.29) is 5.91 Å². The van der Waals surface area contributed by atoms with E-state index in [2.05, 4.69) is 6.58 Å². The number of benzene rings is 1. The van der Waals surface area contributed by atoms with Gasteiger partial charge in [-0.15, -0.1) is 0 Å². The largest absolute Gasteiger partial charge is 0.493 e. The molecule has 0 unspecified atom stereocenters. The quantitative estimate of drug-likeness (QED) is 0.642. The highest BCUT2D eigenvalue weighted by Gasteiger charge is 2.19. The summed E-state index contributed by atoms with van der Waals surface area (Å²) in [7, 11) is 1.72. The van der Waals surface area contributed by atoms with Crippen LogP contribution in [0.15, 0.2) is 30.4 Å². The molecule has 0 aromatic heterocycles. The SMILES string of the molecule is C=C(C)CN(C)C(=O)c1c(N)cccc1OCC. The van der Waals surface area contributed by atoms with Crippen molar-refractivity contribution >= 4 is 11.6 Å². The molecule has 1 aromatic carbocycles. The maximum absolute atomic E-state index is 12.3. The van der Waals surface area contributed by atoms with E-state index in [9.17, 15) is 4.79 Å². The molecule has 4 heteroatoms. The van der Waals surface area contributed by atoms with Gasteiger partial charge in [0.2, 0.25) is 0 Å². The standard InChI is InChI=1S/C14H20N2O2/c1-5-18-12-8-6-7-11(15)13(12)14(17)16(4)9-10(2)3/h6-8H,2,5,9,15H2,1,3-4H3. The zero-order valence-corrected chi connectivity index (χ0v) is 11.2. The van der Waals surface area contributed by atoms with E-state index in [1.165, 1.54) is 0 Å². The summed E-state index contributed by atoms with van der Waals surface area (Å²) < 4.78 is 5.44. The first-order valence-electron chi connectivity index (χ1n) is 5.88. The average molecular weight is 248 g/mol. The van der Waals surface area contributed by atoms with E-state index >= 15 is 0 Å². The van der Waals surface area contributed by atoms with Crippen LogP contribution < -0.4 is 10.5 Å². The molecule has 0 spiro atoms. The van der Waals surface area contributed by atoms with Crippen LogP contribution in [0, 0.1) is 0 Å². The number of nitrogens with zero attached hydrogens (tertiary/aromatic N) is 1. The van der Waals surface area contributed by atoms with E-state index in [4.69, 9.17) is 10.5 Å². The second-order valence-electron chi connectivity index (χ2n) is 4.27. The van der Waals surface area contributed by atoms with Crippen LogP contribution >= 0.6 is 0 Å². The third kappa shape index (κ3) is 3.26. The first kappa shape index (κ1) is 14.1. The number of carbonyl (C=O) groups is 1. The minimum Gasteiger partial charge on any atom is -0.493 e. The Morgan fingerprint density at radius 1 is 1.50 bits per heavy atom. The van der Waals surface area contributed by atoms with E-state index < -0.39 is 0 Å². The third-order valence-electron chi connectivity index (χ3n) is 2.43. The average Bonchev–Trinajstić information content (AvgIpc) is 2.28. The summed E-state index contributed by atoms with van der Waals surface area (Å²) >= 11 is 0. The van der Waals surface area contributed by atoms with Gasteiger partial charge in [0.05, 0.1) is 6.61 Å². The van der Waals surface area contributed by atoms with Crippen LogP contribution in [0.25, 0.3) is 0 Å². The smallest absolute Gasteiger partial charge is 0.259 e. The second-order valence-corrected chi connectivity index (χ2v) is 4.27. The van der Waals surface area contributed by atoms with Gasteiger partial charge >= 0.3 is 0 Å². The molecule has 0 aliphatic carbocycles. The maximum atomic E-state index is 12.3. The molecule has 0 atom stereocenters. The number of amides is 1. The molecule has 0 saturated heterocycles. The van der Waals surface area contributed by atoms with Crippen LogP contribution in [0.3, 0.4) is 0 Å². The van der Waals surface area contributed by atoms with E-state index in [0.717, 1.165) is 5.57 Å². The molecule has 0 aliphatic heterocycles. The minimum absolute atomic E-state index is 0.153.